The molecule has 1 atom stereocenters. The van der Waals surface area contributed by atoms with Gasteiger partial charge in [-0.25, -0.2) is 0 Å². The van der Waals surface area contributed by atoms with Crippen molar-refractivity contribution >= 4 is 27.6 Å². The smallest absolute Gasteiger partial charge is 0.287 e. The van der Waals surface area contributed by atoms with Gasteiger partial charge in [-0.05, 0) is 38.3 Å². The Bertz CT molecular complexity index is 477. The van der Waals surface area contributed by atoms with Crippen LogP contribution in [-0.4, -0.2) is 17.2 Å². The first-order valence-electron chi connectivity index (χ1n) is 6.30. The van der Waals surface area contributed by atoms with Crippen molar-refractivity contribution in [3.63, 3.8) is 0 Å². The maximum absolute atomic E-state index is 11.9. The van der Waals surface area contributed by atoms with Crippen LogP contribution < -0.4 is 5.32 Å². The number of hydrogen-bond donors (Lipinski definition) is 1. The molecule has 0 fully saturated rings. The Labute approximate surface area is 122 Å². The zero-order valence-corrected chi connectivity index (χ0v) is 13.4. The van der Waals surface area contributed by atoms with E-state index in [9.17, 15) is 9.59 Å². The van der Waals surface area contributed by atoms with Gasteiger partial charge in [-0.2, -0.15) is 0 Å². The van der Waals surface area contributed by atoms with E-state index >= 15 is 0 Å². The molecule has 0 radical (unpaired) electrons. The minimum absolute atomic E-state index is 0.00814. The van der Waals surface area contributed by atoms with Crippen molar-refractivity contribution in [2.45, 2.75) is 45.6 Å². The molecule has 0 aliphatic carbocycles. The van der Waals surface area contributed by atoms with E-state index in [-0.39, 0.29) is 23.7 Å². The summed E-state index contributed by atoms with van der Waals surface area (Å²) in [4.78, 5) is 23.6. The lowest BCUT2D eigenvalue weighted by atomic mass is 9.95. The minimum Gasteiger partial charge on any atom is -0.345 e. The fourth-order valence-electron chi connectivity index (χ4n) is 1.77. The Balaban J connectivity index is 2.67. The van der Waals surface area contributed by atoms with Crippen LogP contribution >= 0.6 is 15.9 Å². The summed E-state index contributed by atoms with van der Waals surface area (Å²) in [6.45, 7) is 7.52. The van der Waals surface area contributed by atoms with Crippen LogP contribution in [0.2, 0.25) is 0 Å². The third-order valence-corrected chi connectivity index (χ3v) is 3.39. The number of carbonyl (C=O) groups excluding carboxylic acids is 2. The average molecular weight is 326 g/mol. The summed E-state index contributed by atoms with van der Waals surface area (Å²) in [5.74, 6) is -0.877. The lowest BCUT2D eigenvalue weighted by Crippen LogP contribution is -2.44. The first kappa shape index (κ1) is 15.9. The predicted molar refractivity (Wildman–Crippen MR) is 80.1 cm³/mol. The highest BCUT2D eigenvalue weighted by Crippen LogP contribution is 2.27. The number of halogens is 1. The Kier molecular flexibility index (Phi) is 5.29. The number of nitrogens with one attached hydrogen (secondary N) is 1. The van der Waals surface area contributed by atoms with Gasteiger partial charge in [-0.3, -0.25) is 9.59 Å². The second-order valence-electron chi connectivity index (χ2n) is 5.75. The lowest BCUT2D eigenvalue weighted by molar-refractivity contribution is -0.139. The molecule has 3 nitrogen and oxygen atoms in total. The Hall–Kier alpha value is -1.16. The van der Waals surface area contributed by atoms with Gasteiger partial charge in [0.15, 0.2) is 0 Å². The highest BCUT2D eigenvalue weighted by Gasteiger charge is 2.22. The molecular formula is C15H20BrNO2. The third-order valence-electron chi connectivity index (χ3n) is 2.67. The number of carbonyl (C=O) groups is 2. The van der Waals surface area contributed by atoms with E-state index in [0.717, 1.165) is 10.0 Å². The summed E-state index contributed by atoms with van der Waals surface area (Å²) in [7, 11) is 0. The molecule has 0 bridgehead atoms. The molecule has 0 aromatic heterocycles. The highest BCUT2D eigenvalue weighted by atomic mass is 79.9. The van der Waals surface area contributed by atoms with Crippen LogP contribution in [-0.2, 0) is 9.59 Å². The van der Waals surface area contributed by atoms with Crippen LogP contribution in [0.25, 0.3) is 0 Å². The highest BCUT2D eigenvalue weighted by molar-refractivity contribution is 9.10. The summed E-state index contributed by atoms with van der Waals surface area (Å²) in [5, 5.41) is 2.69. The average Bonchev–Trinajstić information content (AvgIpc) is 2.27. The van der Waals surface area contributed by atoms with Crippen molar-refractivity contribution in [1.29, 1.82) is 0 Å². The molecule has 1 aromatic carbocycles. The summed E-state index contributed by atoms with van der Waals surface area (Å²) in [6, 6.07) is 7.75. The molecule has 104 valence electrons. The number of rotatable bonds is 4. The number of Topliss-reactive ketones (excluding diaryl/α,β-unsaturated/α-hetero) is 1. The second kappa shape index (κ2) is 6.33. The predicted octanol–water partition coefficient (Wildman–Crippen LogP) is 3.43. The standard InChI is InChI=1S/C15H20BrNO2/c1-10(11-7-5-6-8-12(11)16)9-13(18)14(19)17-15(2,3)4/h5-8,10H,9H2,1-4H3,(H,17,19)/t10-/m0/s1. The van der Waals surface area contributed by atoms with Crippen LogP contribution in [0, 0.1) is 0 Å². The fourth-order valence-corrected chi connectivity index (χ4v) is 2.44. The quantitative estimate of drug-likeness (QED) is 0.862. The van der Waals surface area contributed by atoms with Gasteiger partial charge in [0.1, 0.15) is 0 Å². The van der Waals surface area contributed by atoms with Gasteiger partial charge in [0.05, 0.1) is 0 Å². The van der Waals surface area contributed by atoms with E-state index in [1.54, 1.807) is 0 Å². The van der Waals surface area contributed by atoms with Gasteiger partial charge in [-0.1, -0.05) is 41.1 Å². The molecule has 1 N–H and O–H groups in total. The molecule has 1 aromatic rings. The van der Waals surface area contributed by atoms with Gasteiger partial charge in [0.2, 0.25) is 5.78 Å². The van der Waals surface area contributed by atoms with Crippen molar-refractivity contribution in [3.05, 3.63) is 34.3 Å². The van der Waals surface area contributed by atoms with E-state index in [2.05, 4.69) is 21.2 Å². The van der Waals surface area contributed by atoms with E-state index in [1.165, 1.54) is 0 Å². The molecule has 1 amide bonds. The van der Waals surface area contributed by atoms with E-state index in [4.69, 9.17) is 0 Å². The summed E-state index contributed by atoms with van der Waals surface area (Å²) < 4.78 is 0.964. The first-order valence-corrected chi connectivity index (χ1v) is 7.10. The van der Waals surface area contributed by atoms with Crippen molar-refractivity contribution in [3.8, 4) is 0 Å². The second-order valence-corrected chi connectivity index (χ2v) is 6.61. The summed E-state index contributed by atoms with van der Waals surface area (Å²) >= 11 is 3.46. The molecule has 0 aliphatic rings. The third kappa shape index (κ3) is 5.15. The van der Waals surface area contributed by atoms with Gasteiger partial charge in [0, 0.05) is 16.4 Å². The molecule has 19 heavy (non-hydrogen) atoms. The van der Waals surface area contributed by atoms with Crippen molar-refractivity contribution in [2.75, 3.05) is 0 Å². The maximum atomic E-state index is 11.9. The molecule has 0 heterocycles. The molecule has 0 unspecified atom stereocenters. The largest absolute Gasteiger partial charge is 0.345 e. The van der Waals surface area contributed by atoms with E-state index < -0.39 is 5.91 Å². The Morgan fingerprint density at radius 1 is 1.26 bits per heavy atom. The lowest BCUT2D eigenvalue weighted by Gasteiger charge is -2.20. The van der Waals surface area contributed by atoms with E-state index in [1.807, 2.05) is 52.0 Å². The van der Waals surface area contributed by atoms with Crippen LogP contribution in [0.15, 0.2) is 28.7 Å². The van der Waals surface area contributed by atoms with Gasteiger partial charge in [-0.15, -0.1) is 0 Å². The molecule has 0 spiro atoms. The topological polar surface area (TPSA) is 46.2 Å². The fraction of sp³-hybridized carbons (Fsp3) is 0.467. The number of benzene rings is 1. The first-order chi connectivity index (χ1) is 8.70. The van der Waals surface area contributed by atoms with Gasteiger partial charge < -0.3 is 5.32 Å². The monoisotopic (exact) mass is 325 g/mol. The van der Waals surface area contributed by atoms with Crippen molar-refractivity contribution in [1.82, 2.24) is 5.32 Å². The van der Waals surface area contributed by atoms with Gasteiger partial charge >= 0.3 is 0 Å². The molecule has 0 aliphatic heterocycles. The van der Waals surface area contributed by atoms with E-state index in [0.29, 0.717) is 0 Å². The molecule has 0 saturated heterocycles. The Morgan fingerprint density at radius 2 is 1.84 bits per heavy atom. The van der Waals surface area contributed by atoms with Crippen molar-refractivity contribution in [2.24, 2.45) is 0 Å². The normalized spacial score (nSPS) is 12.9. The molecular weight excluding hydrogens is 306 g/mol. The summed E-state index contributed by atoms with van der Waals surface area (Å²) in [6.07, 6.45) is 0.213. The van der Waals surface area contributed by atoms with Crippen LogP contribution in [0.3, 0.4) is 0 Å². The Morgan fingerprint density at radius 3 is 2.37 bits per heavy atom. The van der Waals surface area contributed by atoms with Crippen molar-refractivity contribution < 1.29 is 9.59 Å². The molecule has 1 rings (SSSR count). The minimum atomic E-state index is -0.508. The van der Waals surface area contributed by atoms with Crippen LogP contribution in [0.1, 0.15) is 45.6 Å². The number of hydrogen-bond acceptors (Lipinski definition) is 2. The zero-order chi connectivity index (χ0) is 14.6. The van der Waals surface area contributed by atoms with Crippen LogP contribution in [0.5, 0.6) is 0 Å². The maximum Gasteiger partial charge on any atom is 0.287 e. The molecule has 4 heteroatoms. The zero-order valence-electron chi connectivity index (χ0n) is 11.8. The number of ketones is 1. The number of amides is 1. The van der Waals surface area contributed by atoms with Gasteiger partial charge in [0.25, 0.3) is 5.91 Å². The summed E-state index contributed by atoms with van der Waals surface area (Å²) in [5.41, 5.74) is 0.656. The SMILES string of the molecule is C[C@@H](CC(=O)C(=O)NC(C)(C)C)c1ccccc1Br. The van der Waals surface area contributed by atoms with Crippen LogP contribution in [0.4, 0.5) is 0 Å². The molecule has 0 saturated carbocycles.